The van der Waals surface area contributed by atoms with Gasteiger partial charge in [-0.1, -0.05) is 30.7 Å². The smallest absolute Gasteiger partial charge is 0.156 e. The first-order valence-corrected chi connectivity index (χ1v) is 8.67. The SMILES string of the molecule is CC1(CO)CN(C(CC2=CC=CCC2)C2=COC=CO2)CCC1O. The van der Waals surface area contributed by atoms with Crippen LogP contribution in [0.5, 0.6) is 0 Å². The molecular formula is C19H27NO4. The number of ether oxygens (including phenoxy) is 2. The van der Waals surface area contributed by atoms with Crippen molar-refractivity contribution in [1.29, 1.82) is 0 Å². The summed E-state index contributed by atoms with van der Waals surface area (Å²) in [5.41, 5.74) is 0.877. The summed E-state index contributed by atoms with van der Waals surface area (Å²) < 4.78 is 11.0. The van der Waals surface area contributed by atoms with Crippen LogP contribution in [0.3, 0.4) is 0 Å². The van der Waals surface area contributed by atoms with Crippen molar-refractivity contribution in [3.63, 3.8) is 0 Å². The first-order valence-electron chi connectivity index (χ1n) is 8.67. The Morgan fingerprint density at radius 1 is 1.42 bits per heavy atom. The molecule has 2 heterocycles. The Morgan fingerprint density at radius 2 is 2.29 bits per heavy atom. The summed E-state index contributed by atoms with van der Waals surface area (Å²) in [4.78, 5) is 2.30. The van der Waals surface area contributed by atoms with Crippen molar-refractivity contribution in [1.82, 2.24) is 4.90 Å². The Balaban J connectivity index is 1.80. The van der Waals surface area contributed by atoms with E-state index in [1.807, 2.05) is 6.92 Å². The average Bonchev–Trinajstić information content (AvgIpc) is 2.64. The highest BCUT2D eigenvalue weighted by Gasteiger charge is 2.41. The number of hydrogen-bond donors (Lipinski definition) is 2. The number of likely N-dealkylation sites (tertiary alicyclic amines) is 1. The molecule has 0 aromatic heterocycles. The van der Waals surface area contributed by atoms with Crippen LogP contribution in [0.1, 0.15) is 32.6 Å². The Hall–Kier alpha value is -1.56. The molecule has 0 aromatic rings. The molecule has 132 valence electrons. The van der Waals surface area contributed by atoms with Gasteiger partial charge in [-0.05, 0) is 25.7 Å². The Morgan fingerprint density at radius 3 is 2.96 bits per heavy atom. The molecule has 5 heteroatoms. The molecule has 0 saturated carbocycles. The van der Waals surface area contributed by atoms with E-state index >= 15 is 0 Å². The topological polar surface area (TPSA) is 62.2 Å². The fourth-order valence-electron chi connectivity index (χ4n) is 3.62. The van der Waals surface area contributed by atoms with Crippen molar-refractivity contribution in [3.8, 4) is 0 Å². The van der Waals surface area contributed by atoms with Crippen molar-refractivity contribution < 1.29 is 19.7 Å². The number of nitrogens with zero attached hydrogens (tertiary/aromatic N) is 1. The third-order valence-corrected chi connectivity index (χ3v) is 5.27. The van der Waals surface area contributed by atoms with Gasteiger partial charge < -0.3 is 19.7 Å². The zero-order valence-electron chi connectivity index (χ0n) is 14.2. The molecule has 0 aromatic carbocycles. The van der Waals surface area contributed by atoms with Crippen LogP contribution in [-0.4, -0.2) is 47.0 Å². The summed E-state index contributed by atoms with van der Waals surface area (Å²) in [6, 6.07) is 0.0473. The zero-order valence-corrected chi connectivity index (χ0v) is 14.2. The Kier molecular flexibility index (Phi) is 5.43. The number of hydrogen-bond acceptors (Lipinski definition) is 5. The fourth-order valence-corrected chi connectivity index (χ4v) is 3.62. The summed E-state index contributed by atoms with van der Waals surface area (Å²) in [5.74, 6) is 0.782. The standard InChI is InChI=1S/C19H27NO4/c1-19(14-21)13-20(8-7-18(19)22)16(17-12-23-9-10-24-17)11-15-5-3-2-4-6-15/h2-3,5,9-10,12,16,18,21-22H,4,6-8,11,13-14H2,1H3. The van der Waals surface area contributed by atoms with Crippen molar-refractivity contribution >= 4 is 0 Å². The molecule has 3 aliphatic rings. The quantitative estimate of drug-likeness (QED) is 0.809. The van der Waals surface area contributed by atoms with E-state index in [2.05, 4.69) is 23.1 Å². The van der Waals surface area contributed by atoms with Gasteiger partial charge in [0.25, 0.3) is 0 Å². The molecule has 2 N–H and O–H groups in total. The Bertz CT molecular complexity index is 566. The van der Waals surface area contributed by atoms with Gasteiger partial charge in [0, 0.05) is 18.5 Å². The lowest BCUT2D eigenvalue weighted by atomic mass is 9.79. The second-order valence-corrected chi connectivity index (χ2v) is 7.15. The summed E-state index contributed by atoms with van der Waals surface area (Å²) >= 11 is 0. The second-order valence-electron chi connectivity index (χ2n) is 7.15. The van der Waals surface area contributed by atoms with Gasteiger partial charge in [-0.2, -0.15) is 0 Å². The largest absolute Gasteiger partial charge is 0.466 e. The lowest BCUT2D eigenvalue weighted by Gasteiger charge is -2.46. The van der Waals surface area contributed by atoms with Crippen molar-refractivity contribution in [2.75, 3.05) is 19.7 Å². The molecule has 2 aliphatic heterocycles. The van der Waals surface area contributed by atoms with Gasteiger partial charge in [-0.25, -0.2) is 0 Å². The maximum absolute atomic E-state index is 10.3. The van der Waals surface area contributed by atoms with Gasteiger partial charge in [0.1, 0.15) is 18.8 Å². The number of allylic oxidation sites excluding steroid dienone is 3. The number of rotatable bonds is 5. The fraction of sp³-hybridized carbons (Fsp3) is 0.579. The van der Waals surface area contributed by atoms with E-state index in [-0.39, 0.29) is 12.6 Å². The van der Waals surface area contributed by atoms with Crippen LogP contribution >= 0.6 is 0 Å². The summed E-state index contributed by atoms with van der Waals surface area (Å²) in [6.07, 6.45) is 14.4. The average molecular weight is 333 g/mol. The molecule has 0 radical (unpaired) electrons. The van der Waals surface area contributed by atoms with Crippen LogP contribution in [0.25, 0.3) is 0 Å². The van der Waals surface area contributed by atoms with Crippen molar-refractivity contribution in [2.24, 2.45) is 5.41 Å². The van der Waals surface area contributed by atoms with Crippen molar-refractivity contribution in [3.05, 3.63) is 48.3 Å². The maximum Gasteiger partial charge on any atom is 0.156 e. The molecule has 24 heavy (non-hydrogen) atoms. The van der Waals surface area contributed by atoms with Gasteiger partial charge in [0.2, 0.25) is 0 Å². The first-order chi connectivity index (χ1) is 11.6. The summed E-state index contributed by atoms with van der Waals surface area (Å²) in [5, 5.41) is 20.0. The van der Waals surface area contributed by atoms with E-state index in [9.17, 15) is 10.2 Å². The minimum absolute atomic E-state index is 0.0286. The molecule has 1 fully saturated rings. The summed E-state index contributed by atoms with van der Waals surface area (Å²) in [6.45, 7) is 3.31. The monoisotopic (exact) mass is 333 g/mol. The predicted molar refractivity (Wildman–Crippen MR) is 91.6 cm³/mol. The minimum atomic E-state index is -0.511. The van der Waals surface area contributed by atoms with Gasteiger partial charge in [-0.15, -0.1) is 0 Å². The van der Waals surface area contributed by atoms with Crippen molar-refractivity contribution in [2.45, 2.75) is 44.8 Å². The third-order valence-electron chi connectivity index (χ3n) is 5.27. The second kappa shape index (κ2) is 7.55. The highest BCUT2D eigenvalue weighted by Crippen LogP contribution is 2.34. The highest BCUT2D eigenvalue weighted by atomic mass is 16.5. The molecule has 3 atom stereocenters. The van der Waals surface area contributed by atoms with Gasteiger partial charge in [-0.3, -0.25) is 4.90 Å². The van der Waals surface area contributed by atoms with Crippen LogP contribution in [0.4, 0.5) is 0 Å². The van der Waals surface area contributed by atoms with E-state index in [0.29, 0.717) is 13.0 Å². The molecule has 5 nitrogen and oxygen atoms in total. The van der Waals surface area contributed by atoms with Crippen LogP contribution in [0.2, 0.25) is 0 Å². The summed E-state index contributed by atoms with van der Waals surface area (Å²) in [7, 11) is 0. The van der Waals surface area contributed by atoms with Gasteiger partial charge in [0.15, 0.2) is 5.76 Å². The van der Waals surface area contributed by atoms with E-state index in [1.54, 1.807) is 12.5 Å². The van der Waals surface area contributed by atoms with Crippen LogP contribution in [0, 0.1) is 5.41 Å². The predicted octanol–water partition coefficient (Wildman–Crippen LogP) is 2.45. The normalized spacial score (nSPS) is 31.7. The third kappa shape index (κ3) is 3.74. The number of aliphatic hydroxyl groups is 2. The van der Waals surface area contributed by atoms with Crippen LogP contribution < -0.4 is 0 Å². The molecule has 0 spiro atoms. The van der Waals surface area contributed by atoms with E-state index < -0.39 is 11.5 Å². The maximum atomic E-state index is 10.3. The van der Waals surface area contributed by atoms with Crippen LogP contribution in [0.15, 0.2) is 48.3 Å². The van der Waals surface area contributed by atoms with Crippen LogP contribution in [-0.2, 0) is 9.47 Å². The molecule has 3 rings (SSSR count). The number of piperidine rings is 1. The molecule has 1 aliphatic carbocycles. The Labute approximate surface area is 143 Å². The first kappa shape index (κ1) is 17.3. The highest BCUT2D eigenvalue weighted by molar-refractivity contribution is 5.21. The van der Waals surface area contributed by atoms with E-state index in [4.69, 9.17) is 9.47 Å². The van der Waals surface area contributed by atoms with E-state index in [1.165, 1.54) is 11.8 Å². The molecule has 0 amide bonds. The molecule has 1 saturated heterocycles. The van der Waals surface area contributed by atoms with E-state index in [0.717, 1.165) is 31.6 Å². The van der Waals surface area contributed by atoms with Gasteiger partial charge in [0.05, 0.1) is 18.8 Å². The minimum Gasteiger partial charge on any atom is -0.466 e. The number of aliphatic hydroxyl groups excluding tert-OH is 2. The molecular weight excluding hydrogens is 306 g/mol. The molecule has 0 bridgehead atoms. The lowest BCUT2D eigenvalue weighted by molar-refractivity contribution is -0.0745. The zero-order chi connectivity index (χ0) is 17.0. The van der Waals surface area contributed by atoms with Gasteiger partial charge >= 0.3 is 0 Å². The lowest BCUT2D eigenvalue weighted by Crippen LogP contribution is -2.55. The molecule has 3 unspecified atom stereocenters.